The third kappa shape index (κ3) is 2.47. The summed E-state index contributed by atoms with van der Waals surface area (Å²) in [7, 11) is -1.89. The molecule has 0 saturated heterocycles. The summed E-state index contributed by atoms with van der Waals surface area (Å²) >= 11 is 0. The molecule has 0 saturated carbocycles. The van der Waals surface area contributed by atoms with Gasteiger partial charge in [0.15, 0.2) is 0 Å². The first-order valence-corrected chi connectivity index (χ1v) is 6.99. The van der Waals surface area contributed by atoms with Gasteiger partial charge in [0.1, 0.15) is 0 Å². The van der Waals surface area contributed by atoms with E-state index in [1.54, 1.807) is 44.5 Å². The van der Waals surface area contributed by atoms with Gasteiger partial charge >= 0.3 is 0 Å². The predicted octanol–water partition coefficient (Wildman–Crippen LogP) is 2.41. The summed E-state index contributed by atoms with van der Waals surface area (Å²) in [6, 6.07) is 8.72. The van der Waals surface area contributed by atoms with Crippen molar-refractivity contribution in [1.82, 2.24) is 4.31 Å². The molecule has 1 heterocycles. The SMILES string of the molecule is Cc1ccccc1S(=O)(=O)N(C)Cc1ccoc1. The molecule has 0 fully saturated rings. The van der Waals surface area contributed by atoms with Crippen LogP contribution in [0, 0.1) is 6.92 Å². The van der Waals surface area contributed by atoms with E-state index >= 15 is 0 Å². The number of rotatable bonds is 4. The Balaban J connectivity index is 2.29. The second-order valence-corrected chi connectivity index (χ2v) is 6.17. The van der Waals surface area contributed by atoms with Crippen LogP contribution < -0.4 is 0 Å². The highest BCUT2D eigenvalue weighted by molar-refractivity contribution is 7.89. The van der Waals surface area contributed by atoms with Gasteiger partial charge in [-0.25, -0.2) is 8.42 Å². The summed E-state index contributed by atoms with van der Waals surface area (Å²) in [4.78, 5) is 0.344. The molecule has 0 atom stereocenters. The van der Waals surface area contributed by atoms with Gasteiger partial charge in [-0.05, 0) is 24.6 Å². The van der Waals surface area contributed by atoms with Crippen LogP contribution >= 0.6 is 0 Å². The summed E-state index contributed by atoms with van der Waals surface area (Å²) in [5, 5.41) is 0. The normalized spacial score (nSPS) is 11.9. The van der Waals surface area contributed by atoms with Crippen molar-refractivity contribution in [3.05, 3.63) is 54.0 Å². The zero-order valence-electron chi connectivity index (χ0n) is 10.3. The monoisotopic (exact) mass is 265 g/mol. The lowest BCUT2D eigenvalue weighted by Crippen LogP contribution is -2.26. The van der Waals surface area contributed by atoms with Gasteiger partial charge in [-0.1, -0.05) is 18.2 Å². The quantitative estimate of drug-likeness (QED) is 0.853. The molecule has 18 heavy (non-hydrogen) atoms. The fourth-order valence-corrected chi connectivity index (χ4v) is 3.12. The molecule has 0 aliphatic carbocycles. The summed E-state index contributed by atoms with van der Waals surface area (Å²) < 4.78 is 31.0. The number of hydrogen-bond donors (Lipinski definition) is 0. The Hall–Kier alpha value is -1.59. The van der Waals surface area contributed by atoms with Gasteiger partial charge in [-0.2, -0.15) is 4.31 Å². The first-order valence-electron chi connectivity index (χ1n) is 5.55. The van der Waals surface area contributed by atoms with E-state index < -0.39 is 10.0 Å². The Morgan fingerprint density at radius 2 is 1.94 bits per heavy atom. The van der Waals surface area contributed by atoms with Crippen molar-refractivity contribution in [2.24, 2.45) is 0 Å². The molecule has 1 aromatic carbocycles. The summed E-state index contributed by atoms with van der Waals surface area (Å²) in [6.45, 7) is 2.09. The van der Waals surface area contributed by atoms with Crippen LogP contribution in [0.3, 0.4) is 0 Å². The zero-order chi connectivity index (χ0) is 13.2. The third-order valence-corrected chi connectivity index (χ3v) is 4.73. The van der Waals surface area contributed by atoms with E-state index in [9.17, 15) is 8.42 Å². The van der Waals surface area contributed by atoms with Crippen molar-refractivity contribution in [3.63, 3.8) is 0 Å². The maximum absolute atomic E-state index is 12.4. The van der Waals surface area contributed by atoms with Crippen molar-refractivity contribution in [2.45, 2.75) is 18.4 Å². The standard InChI is InChI=1S/C13H15NO3S/c1-11-5-3-4-6-13(11)18(15,16)14(2)9-12-7-8-17-10-12/h3-8,10H,9H2,1-2H3. The lowest BCUT2D eigenvalue weighted by molar-refractivity contribution is 0.463. The highest BCUT2D eigenvalue weighted by Crippen LogP contribution is 2.20. The van der Waals surface area contributed by atoms with Gasteiger partial charge in [-0.15, -0.1) is 0 Å². The summed E-state index contributed by atoms with van der Waals surface area (Å²) in [5.41, 5.74) is 1.58. The molecule has 2 rings (SSSR count). The Labute approximate surface area is 107 Å². The van der Waals surface area contributed by atoms with E-state index in [0.29, 0.717) is 11.4 Å². The lowest BCUT2D eigenvalue weighted by atomic mass is 10.2. The molecule has 0 radical (unpaired) electrons. The Kier molecular flexibility index (Phi) is 3.54. The molecular formula is C13H15NO3S. The largest absolute Gasteiger partial charge is 0.472 e. The van der Waals surface area contributed by atoms with Gasteiger partial charge < -0.3 is 4.42 Å². The molecule has 0 spiro atoms. The maximum Gasteiger partial charge on any atom is 0.243 e. The van der Waals surface area contributed by atoms with Gasteiger partial charge in [0, 0.05) is 19.2 Å². The Morgan fingerprint density at radius 1 is 1.22 bits per heavy atom. The molecule has 5 heteroatoms. The molecule has 0 bridgehead atoms. The minimum Gasteiger partial charge on any atom is -0.472 e. The maximum atomic E-state index is 12.4. The number of nitrogens with zero attached hydrogens (tertiary/aromatic N) is 1. The van der Waals surface area contributed by atoms with Crippen molar-refractivity contribution in [2.75, 3.05) is 7.05 Å². The van der Waals surface area contributed by atoms with Crippen molar-refractivity contribution >= 4 is 10.0 Å². The molecular weight excluding hydrogens is 250 g/mol. The number of hydrogen-bond acceptors (Lipinski definition) is 3. The molecule has 96 valence electrons. The van der Waals surface area contributed by atoms with E-state index in [0.717, 1.165) is 11.1 Å². The predicted molar refractivity (Wildman–Crippen MR) is 68.5 cm³/mol. The van der Waals surface area contributed by atoms with Crippen LogP contribution in [0.4, 0.5) is 0 Å². The Morgan fingerprint density at radius 3 is 2.56 bits per heavy atom. The van der Waals surface area contributed by atoms with Crippen molar-refractivity contribution < 1.29 is 12.8 Å². The number of sulfonamides is 1. The van der Waals surface area contributed by atoms with Crippen LogP contribution in [-0.2, 0) is 16.6 Å². The van der Waals surface area contributed by atoms with Crippen molar-refractivity contribution in [1.29, 1.82) is 0 Å². The molecule has 1 aromatic heterocycles. The molecule has 0 unspecified atom stereocenters. The number of aryl methyl sites for hydroxylation is 1. The van der Waals surface area contributed by atoms with E-state index in [-0.39, 0.29) is 0 Å². The van der Waals surface area contributed by atoms with Crippen LogP contribution in [0.5, 0.6) is 0 Å². The molecule has 0 N–H and O–H groups in total. The average molecular weight is 265 g/mol. The van der Waals surface area contributed by atoms with Crippen LogP contribution in [-0.4, -0.2) is 19.8 Å². The minimum absolute atomic E-state index is 0.299. The van der Waals surface area contributed by atoms with Gasteiger partial charge in [0.05, 0.1) is 17.4 Å². The van der Waals surface area contributed by atoms with Gasteiger partial charge in [0.25, 0.3) is 0 Å². The zero-order valence-corrected chi connectivity index (χ0v) is 11.1. The van der Waals surface area contributed by atoms with Crippen LogP contribution in [0.1, 0.15) is 11.1 Å². The Bertz CT molecular complexity index is 617. The van der Waals surface area contributed by atoms with E-state index in [1.807, 2.05) is 6.07 Å². The topological polar surface area (TPSA) is 50.5 Å². The molecule has 4 nitrogen and oxygen atoms in total. The van der Waals surface area contributed by atoms with Gasteiger partial charge in [0.2, 0.25) is 10.0 Å². The second kappa shape index (κ2) is 4.96. The van der Waals surface area contributed by atoms with Gasteiger partial charge in [-0.3, -0.25) is 0 Å². The second-order valence-electron chi connectivity index (χ2n) is 4.16. The summed E-state index contributed by atoms with van der Waals surface area (Å²) in [5.74, 6) is 0. The van der Waals surface area contributed by atoms with E-state index in [4.69, 9.17) is 4.42 Å². The fourth-order valence-electron chi connectivity index (χ4n) is 1.74. The van der Waals surface area contributed by atoms with Crippen molar-refractivity contribution in [3.8, 4) is 0 Å². The number of benzene rings is 1. The molecule has 0 aliphatic rings. The minimum atomic E-state index is -3.45. The molecule has 0 amide bonds. The smallest absolute Gasteiger partial charge is 0.243 e. The van der Waals surface area contributed by atoms with Crippen LogP contribution in [0.15, 0.2) is 52.2 Å². The fraction of sp³-hybridized carbons (Fsp3) is 0.231. The average Bonchev–Trinajstić information content (AvgIpc) is 2.82. The van der Waals surface area contributed by atoms with Crippen LogP contribution in [0.2, 0.25) is 0 Å². The molecule has 0 aliphatic heterocycles. The lowest BCUT2D eigenvalue weighted by Gasteiger charge is -2.17. The van der Waals surface area contributed by atoms with E-state index in [1.165, 1.54) is 10.6 Å². The highest BCUT2D eigenvalue weighted by Gasteiger charge is 2.22. The summed E-state index contributed by atoms with van der Waals surface area (Å²) in [6.07, 6.45) is 3.08. The first-order chi connectivity index (χ1) is 8.51. The number of furan rings is 1. The van der Waals surface area contributed by atoms with E-state index in [2.05, 4.69) is 0 Å². The third-order valence-electron chi connectivity index (χ3n) is 2.77. The van der Waals surface area contributed by atoms with Crippen LogP contribution in [0.25, 0.3) is 0 Å². The molecule has 2 aromatic rings. The first kappa shape index (κ1) is 12.9. The highest BCUT2D eigenvalue weighted by atomic mass is 32.2.